The zero-order valence-electron chi connectivity index (χ0n) is 17.0. The molecule has 2 aromatic carbocycles. The average molecular weight is 425 g/mol. The number of aryl methyl sites for hydroxylation is 1. The van der Waals surface area contributed by atoms with E-state index in [1.54, 1.807) is 24.4 Å². The number of ether oxygens (including phenoxy) is 1. The van der Waals surface area contributed by atoms with Gasteiger partial charge in [0.15, 0.2) is 0 Å². The van der Waals surface area contributed by atoms with Crippen LogP contribution in [0.1, 0.15) is 48.5 Å². The van der Waals surface area contributed by atoms with E-state index in [1.807, 2.05) is 35.8 Å². The second kappa shape index (κ2) is 9.02. The molecule has 1 saturated carbocycles. The largest absolute Gasteiger partial charge is 0.374 e. The van der Waals surface area contributed by atoms with E-state index in [0.717, 1.165) is 23.9 Å². The van der Waals surface area contributed by atoms with Gasteiger partial charge in [-0.15, -0.1) is 0 Å². The summed E-state index contributed by atoms with van der Waals surface area (Å²) in [5.74, 6) is -0.431. The van der Waals surface area contributed by atoms with Gasteiger partial charge in [0.1, 0.15) is 5.56 Å². The first kappa shape index (κ1) is 20.6. The summed E-state index contributed by atoms with van der Waals surface area (Å²) in [4.78, 5) is 25.7. The van der Waals surface area contributed by atoms with Crippen molar-refractivity contribution in [3.8, 4) is 0 Å². The summed E-state index contributed by atoms with van der Waals surface area (Å²) in [6, 6.07) is 12.7. The number of nitrogens with zero attached hydrogens (tertiary/aromatic N) is 1. The highest BCUT2D eigenvalue weighted by Crippen LogP contribution is 2.23. The van der Waals surface area contributed by atoms with Gasteiger partial charge in [-0.05, 0) is 55.7 Å². The second-order valence-electron chi connectivity index (χ2n) is 7.69. The minimum absolute atomic E-state index is 0.0975. The highest BCUT2D eigenvalue weighted by atomic mass is 35.5. The fourth-order valence-corrected chi connectivity index (χ4v) is 4.12. The predicted octanol–water partition coefficient (Wildman–Crippen LogP) is 5.39. The first-order valence-electron chi connectivity index (χ1n) is 10.4. The van der Waals surface area contributed by atoms with Gasteiger partial charge in [-0.1, -0.05) is 36.6 Å². The predicted molar refractivity (Wildman–Crippen MR) is 120 cm³/mol. The topological polar surface area (TPSA) is 60.3 Å². The van der Waals surface area contributed by atoms with Crippen molar-refractivity contribution in [2.75, 3.05) is 5.32 Å². The number of fused-ring (bicyclic) bond motifs is 1. The lowest BCUT2D eigenvalue weighted by atomic mass is 10.1. The summed E-state index contributed by atoms with van der Waals surface area (Å²) in [6.45, 7) is 3.17. The first-order valence-corrected chi connectivity index (χ1v) is 10.8. The molecule has 1 N–H and O–H groups in total. The van der Waals surface area contributed by atoms with Gasteiger partial charge in [-0.2, -0.15) is 0 Å². The van der Waals surface area contributed by atoms with E-state index in [0.29, 0.717) is 35.4 Å². The Balaban J connectivity index is 1.51. The smallest absolute Gasteiger partial charge is 0.261 e. The molecule has 3 aromatic rings. The van der Waals surface area contributed by atoms with Crippen LogP contribution in [-0.2, 0) is 17.9 Å². The lowest BCUT2D eigenvalue weighted by molar-refractivity contribution is 0.0457. The Morgan fingerprint density at radius 3 is 2.60 bits per heavy atom. The van der Waals surface area contributed by atoms with Crippen molar-refractivity contribution in [3.63, 3.8) is 0 Å². The van der Waals surface area contributed by atoms with Crippen molar-refractivity contribution in [1.29, 1.82) is 0 Å². The third-order valence-corrected chi connectivity index (χ3v) is 5.86. The third-order valence-electron chi connectivity index (χ3n) is 5.63. The van der Waals surface area contributed by atoms with Crippen molar-refractivity contribution in [2.45, 2.75) is 51.9 Å². The molecule has 6 heteroatoms. The maximum atomic E-state index is 12.9. The number of hydrogen-bond acceptors (Lipinski definition) is 3. The molecule has 0 atom stereocenters. The quantitative estimate of drug-likeness (QED) is 0.577. The number of aromatic nitrogens is 1. The molecule has 0 aliphatic heterocycles. The van der Waals surface area contributed by atoms with E-state index in [-0.39, 0.29) is 11.0 Å². The molecule has 1 aliphatic carbocycles. The Morgan fingerprint density at radius 1 is 1.17 bits per heavy atom. The highest BCUT2D eigenvalue weighted by Gasteiger charge is 2.17. The number of rotatable bonds is 6. The van der Waals surface area contributed by atoms with Gasteiger partial charge in [0, 0.05) is 28.8 Å². The SMILES string of the molecule is CCn1cc(C(=O)Nc2ccc(COC3CCCC3)cc2)c(=O)c2cc(Cl)ccc21. The maximum absolute atomic E-state index is 12.9. The molecule has 0 radical (unpaired) electrons. The summed E-state index contributed by atoms with van der Waals surface area (Å²) in [7, 11) is 0. The van der Waals surface area contributed by atoms with E-state index < -0.39 is 5.91 Å². The van der Waals surface area contributed by atoms with Gasteiger partial charge in [0.25, 0.3) is 5.91 Å². The first-order chi connectivity index (χ1) is 14.5. The molecule has 156 valence electrons. The summed E-state index contributed by atoms with van der Waals surface area (Å²) in [6.07, 6.45) is 6.75. The standard InChI is InChI=1S/C24H25ClN2O3/c1-2-27-14-21(23(28)20-13-17(25)9-12-22(20)27)24(29)26-18-10-7-16(8-11-18)15-30-19-5-3-4-6-19/h7-14,19H,2-6,15H2,1H3,(H,26,29). The Morgan fingerprint density at radius 2 is 1.90 bits per heavy atom. The van der Waals surface area contributed by atoms with Crippen LogP contribution in [0.2, 0.25) is 5.02 Å². The fourth-order valence-electron chi connectivity index (χ4n) is 3.94. The Labute approximate surface area is 180 Å². The minimum Gasteiger partial charge on any atom is -0.374 e. The average Bonchev–Trinajstić information content (AvgIpc) is 3.27. The van der Waals surface area contributed by atoms with Crippen molar-refractivity contribution in [1.82, 2.24) is 4.57 Å². The number of amides is 1. The van der Waals surface area contributed by atoms with Crippen LogP contribution < -0.4 is 10.7 Å². The number of pyridine rings is 1. The molecular weight excluding hydrogens is 400 g/mol. The molecule has 1 amide bonds. The summed E-state index contributed by atoms with van der Waals surface area (Å²) in [5, 5.41) is 3.74. The lowest BCUT2D eigenvalue weighted by Crippen LogP contribution is -2.23. The van der Waals surface area contributed by atoms with Crippen LogP contribution in [0.25, 0.3) is 10.9 Å². The van der Waals surface area contributed by atoms with Gasteiger partial charge < -0.3 is 14.6 Å². The highest BCUT2D eigenvalue weighted by molar-refractivity contribution is 6.31. The molecular formula is C24H25ClN2O3. The van der Waals surface area contributed by atoms with Gasteiger partial charge >= 0.3 is 0 Å². The molecule has 0 bridgehead atoms. The van der Waals surface area contributed by atoms with Crippen LogP contribution in [0.5, 0.6) is 0 Å². The summed E-state index contributed by atoms with van der Waals surface area (Å²) in [5.41, 5.74) is 2.23. The Hall–Kier alpha value is -2.63. The molecule has 4 rings (SSSR count). The van der Waals surface area contributed by atoms with Crippen molar-refractivity contribution < 1.29 is 9.53 Å². The molecule has 0 saturated heterocycles. The monoisotopic (exact) mass is 424 g/mol. The minimum atomic E-state index is -0.431. The van der Waals surface area contributed by atoms with Gasteiger partial charge in [0.2, 0.25) is 5.43 Å². The number of carbonyl (C=O) groups is 1. The molecule has 0 unspecified atom stereocenters. The maximum Gasteiger partial charge on any atom is 0.261 e. The second-order valence-corrected chi connectivity index (χ2v) is 8.12. The number of hydrogen-bond donors (Lipinski definition) is 1. The summed E-state index contributed by atoms with van der Waals surface area (Å²) >= 11 is 6.07. The van der Waals surface area contributed by atoms with Crippen LogP contribution >= 0.6 is 11.6 Å². The van der Waals surface area contributed by atoms with E-state index in [9.17, 15) is 9.59 Å². The van der Waals surface area contributed by atoms with Crippen LogP contribution in [0, 0.1) is 0 Å². The van der Waals surface area contributed by atoms with E-state index in [1.165, 1.54) is 12.8 Å². The molecule has 5 nitrogen and oxygen atoms in total. The molecule has 1 aromatic heterocycles. The molecule has 1 aliphatic rings. The van der Waals surface area contributed by atoms with E-state index >= 15 is 0 Å². The van der Waals surface area contributed by atoms with Gasteiger partial charge in [-0.3, -0.25) is 9.59 Å². The number of benzene rings is 2. The van der Waals surface area contributed by atoms with Crippen LogP contribution in [0.3, 0.4) is 0 Å². The Kier molecular flexibility index (Phi) is 6.21. The molecule has 1 fully saturated rings. The Bertz CT molecular complexity index is 1120. The van der Waals surface area contributed by atoms with Crippen molar-refractivity contribution in [2.24, 2.45) is 0 Å². The van der Waals surface area contributed by atoms with Gasteiger partial charge in [-0.25, -0.2) is 0 Å². The number of anilines is 1. The molecule has 30 heavy (non-hydrogen) atoms. The van der Waals surface area contributed by atoms with Crippen LogP contribution in [0.4, 0.5) is 5.69 Å². The normalized spacial score (nSPS) is 14.3. The zero-order valence-corrected chi connectivity index (χ0v) is 17.7. The fraction of sp³-hybridized carbons (Fsp3) is 0.333. The van der Waals surface area contributed by atoms with E-state index in [2.05, 4.69) is 5.32 Å². The van der Waals surface area contributed by atoms with E-state index in [4.69, 9.17) is 16.3 Å². The number of halogens is 1. The van der Waals surface area contributed by atoms with Crippen molar-refractivity contribution in [3.05, 3.63) is 75.0 Å². The number of carbonyl (C=O) groups excluding carboxylic acids is 1. The van der Waals surface area contributed by atoms with Crippen LogP contribution in [-0.4, -0.2) is 16.6 Å². The van der Waals surface area contributed by atoms with Crippen molar-refractivity contribution >= 4 is 34.1 Å². The molecule has 1 heterocycles. The third kappa shape index (κ3) is 4.42. The zero-order chi connectivity index (χ0) is 21.1. The summed E-state index contributed by atoms with van der Waals surface area (Å²) < 4.78 is 7.81. The van der Waals surface area contributed by atoms with Crippen LogP contribution in [0.15, 0.2) is 53.5 Å². The van der Waals surface area contributed by atoms with Gasteiger partial charge in [0.05, 0.1) is 18.2 Å². The number of nitrogens with one attached hydrogen (secondary N) is 1. The lowest BCUT2D eigenvalue weighted by Gasteiger charge is -2.13. The molecule has 0 spiro atoms.